The average molecular weight is 320 g/mol. The Kier molecular flexibility index (Phi) is 4.03. The molecule has 21 heavy (non-hydrogen) atoms. The van der Waals surface area contributed by atoms with Crippen molar-refractivity contribution in [1.29, 1.82) is 0 Å². The SMILES string of the molecule is CC(C)CC(Nc1nn2c(=O)ccnc2s1)c1cccs1. The molecule has 0 aliphatic heterocycles. The summed E-state index contributed by atoms with van der Waals surface area (Å²) in [4.78, 5) is 17.8. The predicted octanol–water partition coefficient (Wildman–Crippen LogP) is 3.41. The Morgan fingerprint density at radius 2 is 2.24 bits per heavy atom. The van der Waals surface area contributed by atoms with Crippen LogP contribution in [0, 0.1) is 5.92 Å². The summed E-state index contributed by atoms with van der Waals surface area (Å²) in [7, 11) is 0. The standard InChI is InChI=1S/C14H16N4OS2/c1-9(2)8-10(11-4-3-7-20-11)16-13-17-18-12(19)5-6-15-14(18)21-13/h3-7,9-10H,8H2,1-2H3,(H,16,17). The predicted molar refractivity (Wildman–Crippen MR) is 87.3 cm³/mol. The molecule has 1 N–H and O–H groups in total. The molecule has 1 atom stereocenters. The highest BCUT2D eigenvalue weighted by atomic mass is 32.1. The third-order valence-corrected chi connectivity index (χ3v) is 4.90. The maximum atomic E-state index is 11.7. The molecule has 0 amide bonds. The van der Waals surface area contributed by atoms with Crippen LogP contribution in [0.25, 0.3) is 4.96 Å². The van der Waals surface area contributed by atoms with Crippen molar-refractivity contribution in [2.45, 2.75) is 26.3 Å². The molecule has 0 bridgehead atoms. The maximum absolute atomic E-state index is 11.7. The van der Waals surface area contributed by atoms with Crippen molar-refractivity contribution in [2.24, 2.45) is 5.92 Å². The molecule has 0 saturated heterocycles. The van der Waals surface area contributed by atoms with Gasteiger partial charge in [0.15, 0.2) is 0 Å². The number of fused-ring (bicyclic) bond motifs is 1. The maximum Gasteiger partial charge on any atom is 0.275 e. The number of thiophene rings is 1. The Bertz CT molecular complexity index is 776. The number of hydrogen-bond acceptors (Lipinski definition) is 6. The van der Waals surface area contributed by atoms with Gasteiger partial charge in [0.2, 0.25) is 10.1 Å². The zero-order chi connectivity index (χ0) is 14.8. The van der Waals surface area contributed by atoms with E-state index in [0.29, 0.717) is 10.9 Å². The molecule has 7 heteroatoms. The van der Waals surface area contributed by atoms with Gasteiger partial charge in [0.25, 0.3) is 5.56 Å². The van der Waals surface area contributed by atoms with E-state index in [2.05, 4.69) is 46.8 Å². The lowest BCUT2D eigenvalue weighted by atomic mass is 10.0. The molecule has 3 aromatic heterocycles. The second-order valence-corrected chi connectivity index (χ2v) is 7.16. The van der Waals surface area contributed by atoms with Gasteiger partial charge in [-0.05, 0) is 23.8 Å². The lowest BCUT2D eigenvalue weighted by Gasteiger charge is -2.18. The summed E-state index contributed by atoms with van der Waals surface area (Å²) in [5.41, 5.74) is -0.152. The summed E-state index contributed by atoms with van der Waals surface area (Å²) in [6, 6.07) is 5.81. The molecule has 0 aliphatic rings. The van der Waals surface area contributed by atoms with Gasteiger partial charge in [0, 0.05) is 17.1 Å². The topological polar surface area (TPSA) is 59.3 Å². The van der Waals surface area contributed by atoms with E-state index in [1.54, 1.807) is 11.3 Å². The molecule has 3 heterocycles. The first kappa shape index (κ1) is 14.2. The van der Waals surface area contributed by atoms with Crippen LogP contribution in [0.1, 0.15) is 31.2 Å². The number of rotatable bonds is 5. The fourth-order valence-electron chi connectivity index (χ4n) is 2.16. The monoisotopic (exact) mass is 320 g/mol. The molecule has 0 saturated carbocycles. The Hall–Kier alpha value is -1.73. The first-order valence-corrected chi connectivity index (χ1v) is 8.48. The van der Waals surface area contributed by atoms with Crippen LogP contribution in [0.2, 0.25) is 0 Å². The molecule has 0 aromatic carbocycles. The quantitative estimate of drug-likeness (QED) is 0.782. The smallest absolute Gasteiger partial charge is 0.275 e. The van der Waals surface area contributed by atoms with Crippen LogP contribution in [0.4, 0.5) is 5.13 Å². The highest BCUT2D eigenvalue weighted by Crippen LogP contribution is 2.30. The van der Waals surface area contributed by atoms with Crippen LogP contribution in [-0.4, -0.2) is 14.6 Å². The van der Waals surface area contributed by atoms with Gasteiger partial charge in [-0.25, -0.2) is 4.98 Å². The highest BCUT2D eigenvalue weighted by Gasteiger charge is 2.17. The fraction of sp³-hybridized carbons (Fsp3) is 0.357. The van der Waals surface area contributed by atoms with Gasteiger partial charge >= 0.3 is 0 Å². The van der Waals surface area contributed by atoms with Crippen LogP contribution < -0.4 is 10.9 Å². The molecule has 5 nitrogen and oxygen atoms in total. The van der Waals surface area contributed by atoms with Crippen molar-refractivity contribution in [3.05, 3.63) is 45.0 Å². The second-order valence-electron chi connectivity index (χ2n) is 5.23. The first-order valence-electron chi connectivity index (χ1n) is 6.78. The van der Waals surface area contributed by atoms with E-state index >= 15 is 0 Å². The minimum Gasteiger partial charge on any atom is -0.352 e. The van der Waals surface area contributed by atoms with Crippen LogP contribution in [0.5, 0.6) is 0 Å². The van der Waals surface area contributed by atoms with Crippen molar-refractivity contribution in [3.8, 4) is 0 Å². The molecule has 0 spiro atoms. The zero-order valence-electron chi connectivity index (χ0n) is 11.8. The Morgan fingerprint density at radius 1 is 1.38 bits per heavy atom. The summed E-state index contributed by atoms with van der Waals surface area (Å²) in [5, 5.41) is 10.6. The molecule has 0 aliphatic carbocycles. The van der Waals surface area contributed by atoms with Gasteiger partial charge < -0.3 is 5.32 Å². The van der Waals surface area contributed by atoms with Crippen molar-refractivity contribution >= 4 is 32.8 Å². The van der Waals surface area contributed by atoms with Crippen LogP contribution in [0.3, 0.4) is 0 Å². The average Bonchev–Trinajstić information content (AvgIpc) is 3.06. The number of nitrogens with one attached hydrogen (secondary N) is 1. The largest absolute Gasteiger partial charge is 0.352 e. The lowest BCUT2D eigenvalue weighted by molar-refractivity contribution is 0.535. The van der Waals surface area contributed by atoms with Gasteiger partial charge in [0.05, 0.1) is 6.04 Å². The molecule has 110 valence electrons. The molecule has 1 unspecified atom stereocenters. The number of aromatic nitrogens is 3. The fourth-order valence-corrected chi connectivity index (χ4v) is 3.78. The van der Waals surface area contributed by atoms with E-state index in [0.717, 1.165) is 11.6 Å². The van der Waals surface area contributed by atoms with Crippen molar-refractivity contribution < 1.29 is 0 Å². The van der Waals surface area contributed by atoms with Crippen molar-refractivity contribution in [3.63, 3.8) is 0 Å². The molecule has 3 rings (SSSR count). The molecular formula is C14H16N4OS2. The van der Waals surface area contributed by atoms with Crippen molar-refractivity contribution in [2.75, 3.05) is 5.32 Å². The summed E-state index contributed by atoms with van der Waals surface area (Å²) in [6.45, 7) is 4.40. The molecule has 0 fully saturated rings. The third kappa shape index (κ3) is 3.14. The lowest BCUT2D eigenvalue weighted by Crippen LogP contribution is -2.14. The van der Waals surface area contributed by atoms with E-state index in [1.807, 2.05) is 0 Å². The normalized spacial score (nSPS) is 12.9. The molecule has 3 aromatic rings. The zero-order valence-corrected chi connectivity index (χ0v) is 13.4. The summed E-state index contributed by atoms with van der Waals surface area (Å²) in [6.07, 6.45) is 2.53. The Morgan fingerprint density at radius 3 is 2.90 bits per heavy atom. The van der Waals surface area contributed by atoms with Crippen LogP contribution in [0.15, 0.2) is 34.6 Å². The first-order chi connectivity index (χ1) is 10.1. The Labute approximate surface area is 130 Å². The van der Waals surface area contributed by atoms with E-state index < -0.39 is 0 Å². The second kappa shape index (κ2) is 5.95. The van der Waals surface area contributed by atoms with E-state index in [9.17, 15) is 4.79 Å². The summed E-state index contributed by atoms with van der Waals surface area (Å²) >= 11 is 3.13. The van der Waals surface area contributed by atoms with Gasteiger partial charge in [0.1, 0.15) is 0 Å². The Balaban J connectivity index is 1.90. The van der Waals surface area contributed by atoms with Gasteiger partial charge in [-0.1, -0.05) is 31.3 Å². The number of hydrogen-bond donors (Lipinski definition) is 1. The van der Waals surface area contributed by atoms with Crippen LogP contribution >= 0.6 is 22.7 Å². The van der Waals surface area contributed by atoms with E-state index in [1.165, 1.54) is 33.0 Å². The number of nitrogens with zero attached hydrogens (tertiary/aromatic N) is 3. The number of anilines is 1. The minimum atomic E-state index is -0.152. The summed E-state index contributed by atoms with van der Waals surface area (Å²) < 4.78 is 1.34. The third-order valence-electron chi connectivity index (χ3n) is 3.06. The van der Waals surface area contributed by atoms with E-state index in [4.69, 9.17) is 0 Å². The van der Waals surface area contributed by atoms with Crippen LogP contribution in [-0.2, 0) is 0 Å². The van der Waals surface area contributed by atoms with Gasteiger partial charge in [-0.15, -0.1) is 16.4 Å². The molecule has 0 radical (unpaired) electrons. The van der Waals surface area contributed by atoms with Gasteiger partial charge in [-0.2, -0.15) is 4.52 Å². The van der Waals surface area contributed by atoms with Gasteiger partial charge in [-0.3, -0.25) is 4.79 Å². The minimum absolute atomic E-state index is 0.152. The van der Waals surface area contributed by atoms with E-state index in [-0.39, 0.29) is 11.6 Å². The summed E-state index contributed by atoms with van der Waals surface area (Å²) in [5.74, 6) is 0.569. The molecular weight excluding hydrogens is 304 g/mol. The highest BCUT2D eigenvalue weighted by molar-refractivity contribution is 7.20. The van der Waals surface area contributed by atoms with Crippen molar-refractivity contribution in [1.82, 2.24) is 14.6 Å².